The molecule has 3 nitrogen and oxygen atoms in total. The SMILES string of the molecule is CC(N)CCC(=O)NCCc1ccccc1Cl.Cl. The van der Waals surface area contributed by atoms with Crippen LogP contribution in [0.15, 0.2) is 24.3 Å². The van der Waals surface area contributed by atoms with E-state index in [9.17, 15) is 4.79 Å². The Hall–Kier alpha value is -0.770. The summed E-state index contributed by atoms with van der Waals surface area (Å²) in [6.07, 6.45) is 1.96. The van der Waals surface area contributed by atoms with E-state index < -0.39 is 0 Å². The molecule has 1 unspecified atom stereocenters. The summed E-state index contributed by atoms with van der Waals surface area (Å²) in [7, 11) is 0. The molecule has 1 amide bonds. The van der Waals surface area contributed by atoms with Crippen molar-refractivity contribution < 1.29 is 4.79 Å². The second-order valence-electron chi connectivity index (χ2n) is 4.21. The molecule has 0 bridgehead atoms. The van der Waals surface area contributed by atoms with E-state index in [0.717, 1.165) is 23.4 Å². The first-order valence-corrected chi connectivity index (χ1v) is 6.23. The van der Waals surface area contributed by atoms with Crippen LogP contribution in [-0.2, 0) is 11.2 Å². The number of hydrogen-bond donors (Lipinski definition) is 2. The molecule has 0 aliphatic carbocycles. The quantitative estimate of drug-likeness (QED) is 0.846. The fraction of sp³-hybridized carbons (Fsp3) is 0.462. The van der Waals surface area contributed by atoms with Crippen molar-refractivity contribution in [3.05, 3.63) is 34.9 Å². The van der Waals surface area contributed by atoms with Crippen molar-refractivity contribution in [1.82, 2.24) is 5.32 Å². The molecule has 0 aliphatic rings. The van der Waals surface area contributed by atoms with Crippen LogP contribution >= 0.6 is 24.0 Å². The van der Waals surface area contributed by atoms with E-state index in [4.69, 9.17) is 17.3 Å². The average molecular weight is 291 g/mol. The highest BCUT2D eigenvalue weighted by Gasteiger charge is 2.04. The Kier molecular flexibility index (Phi) is 8.81. The molecule has 1 rings (SSSR count). The van der Waals surface area contributed by atoms with Gasteiger partial charge >= 0.3 is 0 Å². The fourth-order valence-electron chi connectivity index (χ4n) is 1.48. The summed E-state index contributed by atoms with van der Waals surface area (Å²) in [6.45, 7) is 2.51. The number of carbonyl (C=O) groups is 1. The van der Waals surface area contributed by atoms with Gasteiger partial charge in [0.2, 0.25) is 5.91 Å². The minimum Gasteiger partial charge on any atom is -0.356 e. The Morgan fingerprint density at radius 2 is 2.11 bits per heavy atom. The van der Waals surface area contributed by atoms with E-state index in [1.807, 2.05) is 31.2 Å². The number of nitrogens with one attached hydrogen (secondary N) is 1. The lowest BCUT2D eigenvalue weighted by Crippen LogP contribution is -2.27. The molecule has 0 aromatic heterocycles. The molecule has 0 radical (unpaired) electrons. The highest BCUT2D eigenvalue weighted by molar-refractivity contribution is 6.31. The predicted octanol–water partition coefficient (Wildman–Crippen LogP) is 2.55. The van der Waals surface area contributed by atoms with Crippen LogP contribution in [0.25, 0.3) is 0 Å². The summed E-state index contributed by atoms with van der Waals surface area (Å²) in [4.78, 5) is 11.4. The van der Waals surface area contributed by atoms with Gasteiger partial charge in [-0.2, -0.15) is 0 Å². The lowest BCUT2D eigenvalue weighted by Gasteiger charge is -2.07. The fourth-order valence-corrected chi connectivity index (χ4v) is 1.72. The molecule has 5 heteroatoms. The molecule has 1 aromatic rings. The van der Waals surface area contributed by atoms with Crippen LogP contribution in [-0.4, -0.2) is 18.5 Å². The summed E-state index contributed by atoms with van der Waals surface area (Å²) in [5.74, 6) is 0.0503. The molecule has 0 spiro atoms. The van der Waals surface area contributed by atoms with Gasteiger partial charge in [0, 0.05) is 24.0 Å². The van der Waals surface area contributed by atoms with E-state index in [2.05, 4.69) is 5.32 Å². The molecule has 0 heterocycles. The normalized spacial score (nSPS) is 11.5. The van der Waals surface area contributed by atoms with Crippen molar-refractivity contribution in [2.75, 3.05) is 6.54 Å². The van der Waals surface area contributed by atoms with Crippen molar-refractivity contribution in [3.63, 3.8) is 0 Å². The number of nitrogens with two attached hydrogens (primary N) is 1. The maximum atomic E-state index is 11.4. The van der Waals surface area contributed by atoms with Crippen molar-refractivity contribution >= 4 is 29.9 Å². The molecule has 3 N–H and O–H groups in total. The number of amides is 1. The van der Waals surface area contributed by atoms with Gasteiger partial charge in [0.25, 0.3) is 0 Å². The van der Waals surface area contributed by atoms with Gasteiger partial charge in [-0.05, 0) is 31.4 Å². The molecule has 18 heavy (non-hydrogen) atoms. The summed E-state index contributed by atoms with van der Waals surface area (Å²) >= 11 is 6.01. The van der Waals surface area contributed by atoms with Gasteiger partial charge in [0.05, 0.1) is 0 Å². The van der Waals surface area contributed by atoms with Gasteiger partial charge in [0.1, 0.15) is 0 Å². The van der Waals surface area contributed by atoms with Crippen molar-refractivity contribution in [2.24, 2.45) is 5.73 Å². The van der Waals surface area contributed by atoms with Gasteiger partial charge in [-0.1, -0.05) is 29.8 Å². The lowest BCUT2D eigenvalue weighted by atomic mass is 10.1. The number of hydrogen-bond acceptors (Lipinski definition) is 2. The summed E-state index contributed by atoms with van der Waals surface area (Å²) in [5, 5.41) is 3.61. The van der Waals surface area contributed by atoms with Gasteiger partial charge in [-0.3, -0.25) is 4.79 Å². The zero-order valence-corrected chi connectivity index (χ0v) is 12.1. The molecule has 0 saturated carbocycles. The topological polar surface area (TPSA) is 55.1 Å². The first-order valence-electron chi connectivity index (χ1n) is 5.85. The number of rotatable bonds is 6. The number of benzene rings is 1. The monoisotopic (exact) mass is 290 g/mol. The largest absolute Gasteiger partial charge is 0.356 e. The van der Waals surface area contributed by atoms with Gasteiger partial charge in [-0.15, -0.1) is 12.4 Å². The van der Waals surface area contributed by atoms with Crippen LogP contribution in [0.4, 0.5) is 0 Å². The second kappa shape index (κ2) is 9.20. The van der Waals surface area contributed by atoms with Crippen molar-refractivity contribution in [1.29, 1.82) is 0 Å². The molecule has 0 aliphatic heterocycles. The Labute approximate surface area is 119 Å². The van der Waals surface area contributed by atoms with Crippen LogP contribution in [0.5, 0.6) is 0 Å². The van der Waals surface area contributed by atoms with Crippen molar-refractivity contribution in [3.8, 4) is 0 Å². The van der Waals surface area contributed by atoms with E-state index in [-0.39, 0.29) is 24.4 Å². The predicted molar refractivity (Wildman–Crippen MR) is 78.3 cm³/mol. The zero-order valence-electron chi connectivity index (χ0n) is 10.5. The molecule has 1 aromatic carbocycles. The van der Waals surface area contributed by atoms with E-state index in [1.165, 1.54) is 0 Å². The van der Waals surface area contributed by atoms with Gasteiger partial charge in [0.15, 0.2) is 0 Å². The van der Waals surface area contributed by atoms with Crippen LogP contribution in [0.3, 0.4) is 0 Å². The minimum absolute atomic E-state index is 0. The van der Waals surface area contributed by atoms with Gasteiger partial charge < -0.3 is 11.1 Å². The first kappa shape index (κ1) is 17.2. The number of halogens is 2. The highest BCUT2D eigenvalue weighted by atomic mass is 35.5. The summed E-state index contributed by atoms with van der Waals surface area (Å²) < 4.78 is 0. The highest BCUT2D eigenvalue weighted by Crippen LogP contribution is 2.14. The molecular formula is C13H20Cl2N2O. The molecule has 102 valence electrons. The Bertz CT molecular complexity index is 370. The van der Waals surface area contributed by atoms with E-state index >= 15 is 0 Å². The summed E-state index contributed by atoms with van der Waals surface area (Å²) in [5.41, 5.74) is 6.64. The van der Waals surface area contributed by atoms with Crippen LogP contribution < -0.4 is 11.1 Å². The van der Waals surface area contributed by atoms with Crippen molar-refractivity contribution in [2.45, 2.75) is 32.2 Å². The average Bonchev–Trinajstić information content (AvgIpc) is 2.29. The van der Waals surface area contributed by atoms with E-state index in [1.54, 1.807) is 0 Å². The van der Waals surface area contributed by atoms with E-state index in [0.29, 0.717) is 13.0 Å². The third kappa shape index (κ3) is 6.84. The smallest absolute Gasteiger partial charge is 0.220 e. The summed E-state index contributed by atoms with van der Waals surface area (Å²) in [6, 6.07) is 7.74. The molecule has 0 saturated heterocycles. The van der Waals surface area contributed by atoms with Gasteiger partial charge in [-0.25, -0.2) is 0 Å². The molecule has 0 fully saturated rings. The second-order valence-corrected chi connectivity index (χ2v) is 4.61. The maximum absolute atomic E-state index is 11.4. The van der Waals surface area contributed by atoms with Crippen LogP contribution in [0, 0.1) is 0 Å². The molecular weight excluding hydrogens is 271 g/mol. The lowest BCUT2D eigenvalue weighted by molar-refractivity contribution is -0.121. The maximum Gasteiger partial charge on any atom is 0.220 e. The Morgan fingerprint density at radius 1 is 1.44 bits per heavy atom. The minimum atomic E-state index is 0. The Balaban J connectivity index is 0.00000289. The standard InChI is InChI=1S/C13H19ClN2O.ClH/c1-10(15)6-7-13(17)16-9-8-11-4-2-3-5-12(11)14;/h2-5,10H,6-9,15H2,1H3,(H,16,17);1H. The van der Waals surface area contributed by atoms with Crippen LogP contribution in [0.1, 0.15) is 25.3 Å². The third-order valence-corrected chi connectivity index (χ3v) is 2.87. The molecule has 1 atom stereocenters. The van der Waals surface area contributed by atoms with Crippen LogP contribution in [0.2, 0.25) is 5.02 Å². The Morgan fingerprint density at radius 3 is 2.72 bits per heavy atom. The first-order chi connectivity index (χ1) is 8.09. The third-order valence-electron chi connectivity index (χ3n) is 2.50. The number of carbonyl (C=O) groups excluding carboxylic acids is 1. The zero-order chi connectivity index (χ0) is 12.7.